The Kier molecular flexibility index (Phi) is 4.55. The van der Waals surface area contributed by atoms with Crippen molar-refractivity contribution in [1.29, 1.82) is 0 Å². The van der Waals surface area contributed by atoms with Gasteiger partial charge < -0.3 is 5.32 Å². The highest BCUT2D eigenvalue weighted by Gasteiger charge is 2.21. The van der Waals surface area contributed by atoms with Gasteiger partial charge in [-0.25, -0.2) is 22.2 Å². The molecule has 21 heavy (non-hydrogen) atoms. The lowest BCUT2D eigenvalue weighted by molar-refractivity contribution is 0.555. The molecule has 0 fully saturated rings. The predicted octanol–water partition coefficient (Wildman–Crippen LogP) is 2.50. The summed E-state index contributed by atoms with van der Waals surface area (Å²) < 4.78 is 52.9. The molecular formula is C12H13F2N3O2S2. The minimum Gasteiger partial charge on any atom is -0.312 e. The Labute approximate surface area is 125 Å². The Balaban J connectivity index is 2.29. The minimum atomic E-state index is -4.22. The number of rotatable bonds is 5. The van der Waals surface area contributed by atoms with Crippen LogP contribution in [0.5, 0.6) is 0 Å². The monoisotopic (exact) mass is 333 g/mol. The van der Waals surface area contributed by atoms with Crippen molar-refractivity contribution in [3.05, 3.63) is 40.9 Å². The molecule has 114 valence electrons. The van der Waals surface area contributed by atoms with E-state index in [0.717, 1.165) is 23.5 Å². The van der Waals surface area contributed by atoms with Crippen LogP contribution in [0.4, 0.5) is 13.9 Å². The van der Waals surface area contributed by atoms with Gasteiger partial charge >= 0.3 is 0 Å². The Morgan fingerprint density at radius 1 is 1.33 bits per heavy atom. The topological polar surface area (TPSA) is 71.1 Å². The van der Waals surface area contributed by atoms with Gasteiger partial charge in [-0.1, -0.05) is 0 Å². The highest BCUT2D eigenvalue weighted by molar-refractivity contribution is 7.93. The van der Waals surface area contributed by atoms with Crippen LogP contribution < -0.4 is 10.0 Å². The summed E-state index contributed by atoms with van der Waals surface area (Å²) in [5, 5.41) is 4.74. The molecule has 1 aromatic carbocycles. The smallest absolute Gasteiger partial charge is 0.266 e. The number of sulfonamides is 1. The molecule has 2 N–H and O–H groups in total. The molecule has 0 spiro atoms. The third-order valence-corrected chi connectivity index (χ3v) is 5.06. The Hall–Kier alpha value is -1.58. The van der Waals surface area contributed by atoms with Gasteiger partial charge in [0.15, 0.2) is 5.13 Å². The summed E-state index contributed by atoms with van der Waals surface area (Å²) in [6, 6.07) is 2.19. The fraction of sp³-hybridized carbons (Fsp3) is 0.250. The third-order valence-electron chi connectivity index (χ3n) is 2.80. The Bertz CT molecular complexity index is 747. The largest absolute Gasteiger partial charge is 0.312 e. The average molecular weight is 333 g/mol. The molecular weight excluding hydrogens is 320 g/mol. The second-order valence-electron chi connectivity index (χ2n) is 4.27. The van der Waals surface area contributed by atoms with Gasteiger partial charge in [-0.3, -0.25) is 4.72 Å². The van der Waals surface area contributed by atoms with Crippen LogP contribution in [0, 0.1) is 11.6 Å². The SMILES string of the molecule is CNC(C)c1csc(NS(=O)(=O)c2cc(F)ccc2F)n1. The molecule has 1 aromatic heterocycles. The van der Waals surface area contributed by atoms with Crippen molar-refractivity contribution in [3.8, 4) is 0 Å². The normalized spacial score (nSPS) is 13.1. The molecule has 0 amide bonds. The molecule has 2 rings (SSSR count). The molecule has 0 aliphatic heterocycles. The van der Waals surface area contributed by atoms with E-state index in [9.17, 15) is 17.2 Å². The Morgan fingerprint density at radius 2 is 2.05 bits per heavy atom. The zero-order chi connectivity index (χ0) is 15.6. The zero-order valence-corrected chi connectivity index (χ0v) is 12.9. The van der Waals surface area contributed by atoms with E-state index in [1.54, 1.807) is 12.4 Å². The van der Waals surface area contributed by atoms with Crippen LogP contribution in [-0.2, 0) is 10.0 Å². The van der Waals surface area contributed by atoms with Crippen molar-refractivity contribution in [3.63, 3.8) is 0 Å². The molecule has 2 aromatic rings. The number of aromatic nitrogens is 1. The van der Waals surface area contributed by atoms with Gasteiger partial charge in [0, 0.05) is 11.4 Å². The molecule has 0 radical (unpaired) electrons. The average Bonchev–Trinajstić information content (AvgIpc) is 2.88. The summed E-state index contributed by atoms with van der Waals surface area (Å²) in [5.74, 6) is -1.86. The first-order valence-corrected chi connectivity index (χ1v) is 8.30. The highest BCUT2D eigenvalue weighted by Crippen LogP contribution is 2.24. The number of hydrogen-bond acceptors (Lipinski definition) is 5. The first kappa shape index (κ1) is 15.8. The van der Waals surface area contributed by atoms with Crippen molar-refractivity contribution >= 4 is 26.5 Å². The van der Waals surface area contributed by atoms with Crippen molar-refractivity contribution in [2.75, 3.05) is 11.8 Å². The second-order valence-corrected chi connectivity index (χ2v) is 6.78. The van der Waals surface area contributed by atoms with E-state index in [4.69, 9.17) is 0 Å². The lowest BCUT2D eigenvalue weighted by atomic mass is 10.3. The molecule has 0 bridgehead atoms. The van der Waals surface area contributed by atoms with Crippen LogP contribution in [0.1, 0.15) is 18.7 Å². The van der Waals surface area contributed by atoms with Crippen LogP contribution in [0.3, 0.4) is 0 Å². The fourth-order valence-electron chi connectivity index (χ4n) is 1.53. The van der Waals surface area contributed by atoms with E-state index < -0.39 is 26.6 Å². The van der Waals surface area contributed by atoms with Crippen LogP contribution in [0.15, 0.2) is 28.5 Å². The lowest BCUT2D eigenvalue weighted by Crippen LogP contribution is -2.16. The zero-order valence-electron chi connectivity index (χ0n) is 11.2. The van der Waals surface area contributed by atoms with E-state index in [1.165, 1.54) is 0 Å². The van der Waals surface area contributed by atoms with Crippen LogP contribution in [0.25, 0.3) is 0 Å². The van der Waals surface area contributed by atoms with Crippen molar-refractivity contribution < 1.29 is 17.2 Å². The lowest BCUT2D eigenvalue weighted by Gasteiger charge is -2.07. The number of anilines is 1. The minimum absolute atomic E-state index is 0.0505. The van der Waals surface area contributed by atoms with E-state index >= 15 is 0 Å². The molecule has 1 atom stereocenters. The van der Waals surface area contributed by atoms with E-state index in [-0.39, 0.29) is 11.2 Å². The quantitative estimate of drug-likeness (QED) is 0.882. The van der Waals surface area contributed by atoms with Crippen LogP contribution in [-0.4, -0.2) is 20.4 Å². The standard InChI is InChI=1S/C12H13F2N3O2S2/c1-7(15-2)10-6-20-12(16-10)17-21(18,19)11-5-8(13)3-4-9(11)14/h3-7,15H,1-2H3,(H,16,17). The maximum Gasteiger partial charge on any atom is 0.266 e. The van der Waals surface area contributed by atoms with Gasteiger partial charge in [0.1, 0.15) is 16.5 Å². The van der Waals surface area contributed by atoms with E-state index in [0.29, 0.717) is 11.8 Å². The van der Waals surface area contributed by atoms with Gasteiger partial charge in [-0.05, 0) is 32.2 Å². The molecule has 0 saturated heterocycles. The summed E-state index contributed by atoms with van der Waals surface area (Å²) in [5.41, 5.74) is 0.653. The number of benzene rings is 1. The molecule has 1 unspecified atom stereocenters. The Morgan fingerprint density at radius 3 is 2.71 bits per heavy atom. The van der Waals surface area contributed by atoms with Crippen molar-refractivity contribution in [2.45, 2.75) is 17.9 Å². The maximum atomic E-state index is 13.5. The molecule has 5 nitrogen and oxygen atoms in total. The van der Waals surface area contributed by atoms with E-state index in [1.807, 2.05) is 6.92 Å². The molecule has 0 aliphatic rings. The number of thiazole rings is 1. The first-order chi connectivity index (χ1) is 9.83. The summed E-state index contributed by atoms with van der Waals surface area (Å²) >= 11 is 1.07. The number of nitrogens with zero attached hydrogens (tertiary/aromatic N) is 1. The third kappa shape index (κ3) is 3.55. The van der Waals surface area contributed by atoms with Gasteiger partial charge in [0.25, 0.3) is 10.0 Å². The van der Waals surface area contributed by atoms with Crippen molar-refractivity contribution in [1.82, 2.24) is 10.3 Å². The van der Waals surface area contributed by atoms with Crippen LogP contribution in [0.2, 0.25) is 0 Å². The van der Waals surface area contributed by atoms with Gasteiger partial charge in [-0.15, -0.1) is 11.3 Å². The molecule has 9 heteroatoms. The number of halogens is 2. The molecule has 0 saturated carbocycles. The number of hydrogen-bond donors (Lipinski definition) is 2. The molecule has 1 heterocycles. The first-order valence-electron chi connectivity index (χ1n) is 5.94. The van der Waals surface area contributed by atoms with Gasteiger partial charge in [0.2, 0.25) is 0 Å². The summed E-state index contributed by atoms with van der Waals surface area (Å²) in [6.45, 7) is 1.86. The second kappa shape index (κ2) is 6.04. The highest BCUT2D eigenvalue weighted by atomic mass is 32.2. The van der Waals surface area contributed by atoms with Crippen molar-refractivity contribution in [2.24, 2.45) is 0 Å². The summed E-state index contributed by atoms with van der Waals surface area (Å²) in [4.78, 5) is 3.34. The van der Waals surface area contributed by atoms with E-state index in [2.05, 4.69) is 15.0 Å². The summed E-state index contributed by atoms with van der Waals surface area (Å²) in [7, 11) is -2.48. The van der Waals surface area contributed by atoms with Crippen LogP contribution >= 0.6 is 11.3 Å². The molecule has 0 aliphatic carbocycles. The fourth-order valence-corrected chi connectivity index (χ4v) is 3.68. The van der Waals surface area contributed by atoms with Gasteiger partial charge in [0.05, 0.1) is 5.69 Å². The maximum absolute atomic E-state index is 13.5. The summed E-state index contributed by atoms with van der Waals surface area (Å²) in [6.07, 6.45) is 0. The number of nitrogens with one attached hydrogen (secondary N) is 2. The van der Waals surface area contributed by atoms with Gasteiger partial charge in [-0.2, -0.15) is 0 Å². The predicted molar refractivity (Wildman–Crippen MR) is 76.8 cm³/mol.